The first-order valence-electron chi connectivity index (χ1n) is 8.23. The van der Waals surface area contributed by atoms with Gasteiger partial charge in [0.05, 0.1) is 23.6 Å². The van der Waals surface area contributed by atoms with Gasteiger partial charge in [-0.1, -0.05) is 32.1 Å². The van der Waals surface area contributed by atoms with Crippen LogP contribution in [0.25, 0.3) is 0 Å². The van der Waals surface area contributed by atoms with E-state index in [1.165, 1.54) is 5.57 Å². The van der Waals surface area contributed by atoms with Crippen molar-refractivity contribution >= 4 is 29.2 Å². The van der Waals surface area contributed by atoms with Crippen molar-refractivity contribution in [3.05, 3.63) is 42.0 Å². The van der Waals surface area contributed by atoms with Crippen LogP contribution >= 0.6 is 0 Å². The van der Waals surface area contributed by atoms with Crippen LogP contribution < -0.4 is 10.2 Å². The smallest absolute Gasteiger partial charge is 0.211 e. The summed E-state index contributed by atoms with van der Waals surface area (Å²) in [5, 5.41) is 2.70. The number of fused-ring (bicyclic) bond motifs is 1. The van der Waals surface area contributed by atoms with Crippen LogP contribution in [0.1, 0.15) is 33.6 Å². The second kappa shape index (κ2) is 8.32. The largest absolute Gasteiger partial charge is 0.364 e. The van der Waals surface area contributed by atoms with Crippen LogP contribution in [-0.2, 0) is 4.79 Å². The van der Waals surface area contributed by atoms with E-state index in [-0.39, 0.29) is 0 Å². The molecular formula is C19H25N3O. The Balaban J connectivity index is 2.47. The summed E-state index contributed by atoms with van der Waals surface area (Å²) in [6.07, 6.45) is 9.13. The number of carbonyl (C=O) groups is 1. The first-order valence-corrected chi connectivity index (χ1v) is 8.23. The van der Waals surface area contributed by atoms with Crippen LogP contribution in [0.2, 0.25) is 0 Å². The second-order valence-corrected chi connectivity index (χ2v) is 5.51. The molecule has 0 radical (unpaired) electrons. The van der Waals surface area contributed by atoms with E-state index in [2.05, 4.69) is 36.2 Å². The van der Waals surface area contributed by atoms with Gasteiger partial charge in [-0.05, 0) is 43.5 Å². The van der Waals surface area contributed by atoms with Gasteiger partial charge in [-0.15, -0.1) is 0 Å². The second-order valence-electron chi connectivity index (χ2n) is 5.51. The molecule has 122 valence electrons. The minimum atomic E-state index is 0.696. The lowest BCUT2D eigenvalue weighted by atomic mass is 10.0. The van der Waals surface area contributed by atoms with Gasteiger partial charge in [0.25, 0.3) is 0 Å². The maximum atomic E-state index is 10.7. The van der Waals surface area contributed by atoms with Gasteiger partial charge in [0.2, 0.25) is 6.41 Å². The average Bonchev–Trinajstić information content (AvgIpc) is 2.55. The van der Waals surface area contributed by atoms with Crippen LogP contribution in [0.5, 0.6) is 0 Å². The molecule has 0 unspecified atom stereocenters. The number of hydrogen-bond donors (Lipinski definition) is 1. The summed E-state index contributed by atoms with van der Waals surface area (Å²) in [7, 11) is 0. The maximum Gasteiger partial charge on any atom is 0.211 e. The molecule has 0 bridgehead atoms. The van der Waals surface area contributed by atoms with Crippen molar-refractivity contribution in [3.8, 4) is 0 Å². The summed E-state index contributed by atoms with van der Waals surface area (Å²) in [6.45, 7) is 8.15. The lowest BCUT2D eigenvalue weighted by Gasteiger charge is -2.31. The molecule has 0 fully saturated rings. The quantitative estimate of drug-likeness (QED) is 0.596. The van der Waals surface area contributed by atoms with Crippen LogP contribution in [0.3, 0.4) is 0 Å². The number of benzene rings is 1. The topological polar surface area (TPSA) is 44.7 Å². The van der Waals surface area contributed by atoms with Gasteiger partial charge in [-0.25, -0.2) is 4.99 Å². The van der Waals surface area contributed by atoms with Gasteiger partial charge >= 0.3 is 0 Å². The first-order chi connectivity index (χ1) is 11.2. The predicted octanol–water partition coefficient (Wildman–Crippen LogP) is 4.47. The van der Waals surface area contributed by atoms with Crippen molar-refractivity contribution in [3.63, 3.8) is 0 Å². The standard InChI is InChI=1S/C19H25N3O/c1-4-7-15(8-5-2)18-13-22(11-6-3)19-10-9-16(20-14-23)12-17(19)21-18/h4,7-10,12,14H,5-6,11,13H2,1-3H3,(H,20,23)/b7-4-,15-8+. The highest BCUT2D eigenvalue weighted by Gasteiger charge is 2.20. The minimum absolute atomic E-state index is 0.696. The van der Waals surface area contributed by atoms with E-state index in [9.17, 15) is 4.79 Å². The van der Waals surface area contributed by atoms with E-state index < -0.39 is 0 Å². The van der Waals surface area contributed by atoms with Crippen molar-refractivity contribution in [2.45, 2.75) is 33.6 Å². The van der Waals surface area contributed by atoms with Gasteiger partial charge in [0, 0.05) is 12.2 Å². The van der Waals surface area contributed by atoms with Crippen molar-refractivity contribution in [1.82, 2.24) is 0 Å². The van der Waals surface area contributed by atoms with Crippen molar-refractivity contribution in [1.29, 1.82) is 0 Å². The van der Waals surface area contributed by atoms with Crippen molar-refractivity contribution < 1.29 is 4.79 Å². The van der Waals surface area contributed by atoms with Gasteiger partial charge in [0.15, 0.2) is 0 Å². The molecule has 1 aliphatic rings. The summed E-state index contributed by atoms with van der Waals surface area (Å²) in [5.41, 5.74) is 5.07. The van der Waals surface area contributed by atoms with E-state index in [1.54, 1.807) is 0 Å². The molecular weight excluding hydrogens is 286 g/mol. The maximum absolute atomic E-state index is 10.7. The number of aliphatic imine (C=N–C) groups is 1. The SMILES string of the molecule is C/C=C\C(=C/CC)C1=Nc2cc(NC=O)ccc2N(CCC)C1. The third-order valence-electron chi connectivity index (χ3n) is 3.73. The number of anilines is 2. The number of allylic oxidation sites excluding steroid dienone is 3. The molecule has 2 rings (SSSR count). The zero-order chi connectivity index (χ0) is 16.7. The summed E-state index contributed by atoms with van der Waals surface area (Å²) < 4.78 is 0. The molecule has 1 aliphatic heterocycles. The fourth-order valence-electron chi connectivity index (χ4n) is 2.79. The number of nitrogens with one attached hydrogen (secondary N) is 1. The van der Waals surface area contributed by atoms with Crippen LogP contribution in [-0.4, -0.2) is 25.2 Å². The van der Waals surface area contributed by atoms with Crippen LogP contribution in [0.4, 0.5) is 17.1 Å². The molecule has 1 aromatic rings. The Kier molecular flexibility index (Phi) is 6.15. The van der Waals surface area contributed by atoms with Gasteiger partial charge in [0.1, 0.15) is 0 Å². The van der Waals surface area contributed by atoms with Gasteiger partial charge in [-0.3, -0.25) is 4.79 Å². The Morgan fingerprint density at radius 3 is 2.87 bits per heavy atom. The predicted molar refractivity (Wildman–Crippen MR) is 98.9 cm³/mol. The average molecular weight is 311 g/mol. The minimum Gasteiger partial charge on any atom is -0.364 e. The van der Waals surface area contributed by atoms with E-state index in [0.717, 1.165) is 48.7 Å². The number of hydrogen-bond acceptors (Lipinski definition) is 3. The van der Waals surface area contributed by atoms with Crippen LogP contribution in [0.15, 0.2) is 47.0 Å². The molecule has 0 aromatic heterocycles. The summed E-state index contributed by atoms with van der Waals surface area (Å²) >= 11 is 0. The van der Waals surface area contributed by atoms with Gasteiger partial charge in [-0.2, -0.15) is 0 Å². The number of rotatable bonds is 7. The Hall–Kier alpha value is -2.36. The van der Waals surface area contributed by atoms with E-state index in [1.807, 2.05) is 31.2 Å². The highest BCUT2D eigenvalue weighted by molar-refractivity contribution is 6.09. The van der Waals surface area contributed by atoms with Crippen molar-refractivity contribution in [2.75, 3.05) is 23.3 Å². The lowest BCUT2D eigenvalue weighted by molar-refractivity contribution is -0.105. The fraction of sp³-hybridized carbons (Fsp3) is 0.368. The molecule has 0 saturated heterocycles. The first kappa shape index (κ1) is 17.0. The van der Waals surface area contributed by atoms with E-state index in [4.69, 9.17) is 4.99 Å². The molecule has 23 heavy (non-hydrogen) atoms. The third kappa shape index (κ3) is 4.09. The van der Waals surface area contributed by atoms with E-state index in [0.29, 0.717) is 6.41 Å². The Bertz CT molecular complexity index is 644. The van der Waals surface area contributed by atoms with Crippen molar-refractivity contribution in [2.24, 2.45) is 4.99 Å². The molecule has 0 aliphatic carbocycles. The van der Waals surface area contributed by atoms with E-state index >= 15 is 0 Å². The number of carbonyl (C=O) groups excluding carboxylic acids is 1. The molecule has 4 heteroatoms. The van der Waals surface area contributed by atoms with Gasteiger partial charge < -0.3 is 10.2 Å². The summed E-state index contributed by atoms with van der Waals surface area (Å²) in [5.74, 6) is 0. The summed E-state index contributed by atoms with van der Waals surface area (Å²) in [4.78, 5) is 17.9. The summed E-state index contributed by atoms with van der Waals surface area (Å²) in [6, 6.07) is 5.89. The third-order valence-corrected chi connectivity index (χ3v) is 3.73. The highest BCUT2D eigenvalue weighted by atomic mass is 16.1. The normalized spacial score (nSPS) is 14.7. The number of nitrogens with zero attached hydrogens (tertiary/aromatic N) is 2. The molecule has 0 spiro atoms. The van der Waals surface area contributed by atoms with Crippen LogP contribution in [0, 0.1) is 0 Å². The molecule has 1 N–H and O–H groups in total. The Morgan fingerprint density at radius 2 is 2.22 bits per heavy atom. The molecule has 1 heterocycles. The Labute approximate surface area is 138 Å². The monoisotopic (exact) mass is 311 g/mol. The molecule has 0 saturated carbocycles. The zero-order valence-corrected chi connectivity index (χ0v) is 14.2. The zero-order valence-electron chi connectivity index (χ0n) is 14.2. The molecule has 1 amide bonds. The molecule has 0 atom stereocenters. The molecule has 4 nitrogen and oxygen atoms in total. The highest BCUT2D eigenvalue weighted by Crippen LogP contribution is 2.35. The Morgan fingerprint density at radius 1 is 1.39 bits per heavy atom. The lowest BCUT2D eigenvalue weighted by Crippen LogP contribution is -2.33. The number of amides is 1. The fourth-order valence-corrected chi connectivity index (χ4v) is 2.79. The molecule has 1 aromatic carbocycles.